The van der Waals surface area contributed by atoms with Gasteiger partial charge in [0.05, 0.1) is 18.3 Å². The lowest BCUT2D eigenvalue weighted by Gasteiger charge is -2.32. The third kappa shape index (κ3) is 3.70. The summed E-state index contributed by atoms with van der Waals surface area (Å²) in [7, 11) is 0. The maximum atomic E-state index is 13.2. The second-order valence-corrected chi connectivity index (χ2v) is 5.51. The number of phenols is 1. The first kappa shape index (κ1) is 15.3. The lowest BCUT2D eigenvalue weighted by atomic mass is 10.1. The van der Waals surface area contributed by atoms with E-state index in [-0.39, 0.29) is 23.3 Å². The first-order chi connectivity index (χ1) is 9.61. The highest BCUT2D eigenvalue weighted by molar-refractivity contribution is 9.09. The molecule has 0 saturated carbocycles. The van der Waals surface area contributed by atoms with Crippen LogP contribution in [-0.2, 0) is 4.74 Å². The van der Waals surface area contributed by atoms with E-state index in [0.717, 1.165) is 30.3 Å². The van der Waals surface area contributed by atoms with Crippen LogP contribution in [0, 0.1) is 5.82 Å². The third-order valence-electron chi connectivity index (χ3n) is 3.35. The Kier molecular flexibility index (Phi) is 5.37. The van der Waals surface area contributed by atoms with Gasteiger partial charge in [0.25, 0.3) is 5.91 Å². The summed E-state index contributed by atoms with van der Waals surface area (Å²) >= 11 is 3.30. The van der Waals surface area contributed by atoms with Crippen molar-refractivity contribution in [2.45, 2.75) is 18.9 Å². The summed E-state index contributed by atoms with van der Waals surface area (Å²) in [6.07, 6.45) is 1.68. The number of ether oxygens (including phenoxy) is 1. The van der Waals surface area contributed by atoms with E-state index in [2.05, 4.69) is 15.9 Å². The number of likely N-dealkylation sites (tertiary alicyclic amines) is 1. The van der Waals surface area contributed by atoms with Gasteiger partial charge < -0.3 is 14.7 Å². The average molecular weight is 346 g/mol. The van der Waals surface area contributed by atoms with Crippen LogP contribution in [0.4, 0.5) is 4.39 Å². The molecule has 0 unspecified atom stereocenters. The van der Waals surface area contributed by atoms with Gasteiger partial charge in [-0.25, -0.2) is 4.39 Å². The second-order valence-electron chi connectivity index (χ2n) is 4.71. The first-order valence-electron chi connectivity index (χ1n) is 6.57. The summed E-state index contributed by atoms with van der Waals surface area (Å²) in [5, 5.41) is 10.5. The molecule has 1 saturated heterocycles. The van der Waals surface area contributed by atoms with Crippen LogP contribution in [0.1, 0.15) is 23.2 Å². The van der Waals surface area contributed by atoms with Crippen molar-refractivity contribution in [3.8, 4) is 5.75 Å². The Bertz CT molecular complexity index is 475. The van der Waals surface area contributed by atoms with Gasteiger partial charge in [0.1, 0.15) is 11.6 Å². The zero-order chi connectivity index (χ0) is 14.5. The molecule has 1 aliphatic heterocycles. The van der Waals surface area contributed by atoms with E-state index in [1.807, 2.05) is 0 Å². The monoisotopic (exact) mass is 345 g/mol. The van der Waals surface area contributed by atoms with Gasteiger partial charge in [-0.3, -0.25) is 4.79 Å². The van der Waals surface area contributed by atoms with Crippen molar-refractivity contribution in [3.63, 3.8) is 0 Å². The molecule has 4 nitrogen and oxygen atoms in total. The largest absolute Gasteiger partial charge is 0.507 e. The summed E-state index contributed by atoms with van der Waals surface area (Å²) in [4.78, 5) is 13.9. The minimum atomic E-state index is -0.526. The van der Waals surface area contributed by atoms with Crippen LogP contribution in [0.2, 0.25) is 0 Å². The number of hydrogen-bond acceptors (Lipinski definition) is 3. The quantitative estimate of drug-likeness (QED) is 0.853. The second kappa shape index (κ2) is 7.04. The number of alkyl halides is 1. The van der Waals surface area contributed by atoms with E-state index < -0.39 is 5.82 Å². The van der Waals surface area contributed by atoms with Gasteiger partial charge in [0.2, 0.25) is 0 Å². The summed E-state index contributed by atoms with van der Waals surface area (Å²) < 4.78 is 18.8. The third-order valence-corrected chi connectivity index (χ3v) is 3.67. The predicted molar refractivity (Wildman–Crippen MR) is 76.7 cm³/mol. The SMILES string of the molecule is O=C(c1cc(F)ccc1O)N1CCC(OCCBr)CC1. The molecule has 1 aliphatic rings. The van der Waals surface area contributed by atoms with Crippen LogP contribution in [0.3, 0.4) is 0 Å². The molecule has 0 aliphatic carbocycles. The first-order valence-corrected chi connectivity index (χ1v) is 7.69. The molecule has 6 heteroatoms. The fraction of sp³-hybridized carbons (Fsp3) is 0.500. The molecule has 0 spiro atoms. The lowest BCUT2D eigenvalue weighted by molar-refractivity contribution is 0.0159. The molecule has 0 atom stereocenters. The summed E-state index contributed by atoms with van der Waals surface area (Å²) in [5.74, 6) is -1.04. The molecule has 0 aromatic heterocycles. The molecule has 1 aromatic carbocycles. The number of phenolic OH excluding ortho intramolecular Hbond substituents is 1. The van der Waals surface area contributed by atoms with Gasteiger partial charge >= 0.3 is 0 Å². The van der Waals surface area contributed by atoms with Crippen LogP contribution in [-0.4, -0.2) is 47.0 Å². The maximum Gasteiger partial charge on any atom is 0.257 e. The van der Waals surface area contributed by atoms with E-state index in [1.165, 1.54) is 6.07 Å². The highest BCUT2D eigenvalue weighted by Gasteiger charge is 2.25. The van der Waals surface area contributed by atoms with Crippen molar-refractivity contribution in [1.29, 1.82) is 0 Å². The number of aromatic hydroxyl groups is 1. The Labute approximate surface area is 125 Å². The minimum absolute atomic E-state index is 0.0184. The van der Waals surface area contributed by atoms with Crippen molar-refractivity contribution in [3.05, 3.63) is 29.6 Å². The van der Waals surface area contributed by atoms with Crippen LogP contribution >= 0.6 is 15.9 Å². The lowest BCUT2D eigenvalue weighted by Crippen LogP contribution is -2.41. The zero-order valence-electron chi connectivity index (χ0n) is 11.0. The summed E-state index contributed by atoms with van der Waals surface area (Å²) in [6, 6.07) is 3.41. The van der Waals surface area contributed by atoms with Crippen molar-refractivity contribution in [2.75, 3.05) is 25.0 Å². The average Bonchev–Trinajstić information content (AvgIpc) is 2.47. The van der Waals surface area contributed by atoms with E-state index in [9.17, 15) is 14.3 Å². The number of piperidine rings is 1. The van der Waals surface area contributed by atoms with E-state index in [4.69, 9.17) is 4.74 Å². The fourth-order valence-corrected chi connectivity index (χ4v) is 2.47. The van der Waals surface area contributed by atoms with Crippen LogP contribution in [0.15, 0.2) is 18.2 Å². The molecule has 20 heavy (non-hydrogen) atoms. The smallest absolute Gasteiger partial charge is 0.257 e. The van der Waals surface area contributed by atoms with Crippen LogP contribution in [0.5, 0.6) is 5.75 Å². The highest BCUT2D eigenvalue weighted by Crippen LogP contribution is 2.22. The van der Waals surface area contributed by atoms with Crippen LogP contribution in [0.25, 0.3) is 0 Å². The van der Waals surface area contributed by atoms with E-state index in [0.29, 0.717) is 19.7 Å². The Morgan fingerprint density at radius 1 is 1.45 bits per heavy atom. The topological polar surface area (TPSA) is 49.8 Å². The predicted octanol–water partition coefficient (Wildman–Crippen LogP) is 2.55. The van der Waals surface area contributed by atoms with Crippen LogP contribution < -0.4 is 0 Å². The number of rotatable bonds is 4. The minimum Gasteiger partial charge on any atom is -0.507 e. The van der Waals surface area contributed by atoms with Crippen molar-refractivity contribution in [2.24, 2.45) is 0 Å². The van der Waals surface area contributed by atoms with Crippen molar-refractivity contribution in [1.82, 2.24) is 4.90 Å². The van der Waals surface area contributed by atoms with Gasteiger partial charge in [-0.2, -0.15) is 0 Å². The fourth-order valence-electron chi connectivity index (χ4n) is 2.29. The van der Waals surface area contributed by atoms with Gasteiger partial charge in [0.15, 0.2) is 0 Å². The molecule has 0 radical (unpaired) electrons. The molecule has 2 rings (SSSR count). The van der Waals surface area contributed by atoms with Gasteiger partial charge in [0, 0.05) is 18.4 Å². The standard InChI is InChI=1S/C14H17BrFNO3/c15-5-8-20-11-3-6-17(7-4-11)14(19)12-9-10(16)1-2-13(12)18/h1-2,9,11,18H,3-8H2. The molecule has 1 amide bonds. The molecular formula is C14H17BrFNO3. The van der Waals surface area contributed by atoms with Gasteiger partial charge in [-0.1, -0.05) is 15.9 Å². The number of amides is 1. The number of benzene rings is 1. The number of halogens is 2. The Balaban J connectivity index is 1.96. The number of hydrogen-bond donors (Lipinski definition) is 1. The number of nitrogens with zero attached hydrogens (tertiary/aromatic N) is 1. The van der Waals surface area contributed by atoms with E-state index in [1.54, 1.807) is 4.90 Å². The van der Waals surface area contributed by atoms with Crippen molar-refractivity contribution < 1.29 is 19.0 Å². The molecule has 1 fully saturated rings. The van der Waals surface area contributed by atoms with Gasteiger partial charge in [-0.05, 0) is 31.0 Å². The Morgan fingerprint density at radius 2 is 2.15 bits per heavy atom. The maximum absolute atomic E-state index is 13.2. The van der Waals surface area contributed by atoms with Crippen molar-refractivity contribution >= 4 is 21.8 Å². The molecule has 110 valence electrons. The molecular weight excluding hydrogens is 329 g/mol. The Hall–Kier alpha value is -1.14. The molecule has 1 heterocycles. The summed E-state index contributed by atoms with van der Waals surface area (Å²) in [6.45, 7) is 1.77. The molecule has 1 N–H and O–H groups in total. The zero-order valence-corrected chi connectivity index (χ0v) is 12.6. The normalized spacial score (nSPS) is 16.4. The number of carbonyl (C=O) groups excluding carboxylic acids is 1. The highest BCUT2D eigenvalue weighted by atomic mass is 79.9. The van der Waals surface area contributed by atoms with Gasteiger partial charge in [-0.15, -0.1) is 0 Å². The van der Waals surface area contributed by atoms with E-state index >= 15 is 0 Å². The molecule has 0 bridgehead atoms. The Morgan fingerprint density at radius 3 is 2.80 bits per heavy atom. The number of carbonyl (C=O) groups is 1. The molecule has 1 aromatic rings. The summed E-state index contributed by atoms with van der Waals surface area (Å²) in [5.41, 5.74) is 0.0184.